The van der Waals surface area contributed by atoms with E-state index in [-0.39, 0.29) is 17.1 Å². The number of carbonyl (C=O) groups excluding carboxylic acids is 3. The Kier molecular flexibility index (Phi) is 88.1. The van der Waals surface area contributed by atoms with E-state index in [1.54, 1.807) is 6.92 Å². The van der Waals surface area contributed by atoms with Gasteiger partial charge in [0.15, 0.2) is 0 Å². The molecule has 0 fully saturated rings. The van der Waals surface area contributed by atoms with Gasteiger partial charge in [-0.25, -0.2) is 24.3 Å². The molecule has 0 saturated carbocycles. The second-order valence-electron chi connectivity index (χ2n) is 2.01. The van der Waals surface area contributed by atoms with Crippen molar-refractivity contribution in [3.8, 4) is 0 Å². The Labute approximate surface area is 127 Å². The fourth-order valence-corrected chi connectivity index (χ4v) is 0.680. The second kappa shape index (κ2) is 54.9. The quantitative estimate of drug-likeness (QED) is 0.511. The van der Waals surface area contributed by atoms with E-state index >= 15 is 0 Å². The predicted molar refractivity (Wildman–Crippen MR) is 75.5 cm³/mol. The van der Waals surface area contributed by atoms with Gasteiger partial charge in [-0.05, 0) is 0 Å². The zero-order valence-electron chi connectivity index (χ0n) is 11.3. The molecule has 2 aliphatic rings. The summed E-state index contributed by atoms with van der Waals surface area (Å²) in [5, 5.41) is 0. The molecule has 19 heavy (non-hydrogen) atoms. The molecule has 0 aliphatic heterocycles. The molecular formula is C15H21FeO3. The number of allylic oxidation sites excluding steroid dienone is 8. The summed E-state index contributed by atoms with van der Waals surface area (Å²) >= 11 is 0. The Morgan fingerprint density at radius 1 is 0.789 bits per heavy atom. The van der Waals surface area contributed by atoms with Crippen LogP contribution in [0.3, 0.4) is 0 Å². The van der Waals surface area contributed by atoms with Crippen LogP contribution in [0.1, 0.15) is 19.8 Å². The first-order valence-electron chi connectivity index (χ1n) is 5.01. The maximum absolute atomic E-state index is 8.00. The van der Waals surface area contributed by atoms with E-state index in [2.05, 4.69) is 31.2 Å². The average Bonchev–Trinajstić information content (AvgIpc) is 3.25. The Hall–Kier alpha value is -1.51. The van der Waals surface area contributed by atoms with Gasteiger partial charge in [0.2, 0.25) is 0 Å². The van der Waals surface area contributed by atoms with Crippen LogP contribution in [0, 0.1) is 19.1 Å². The van der Waals surface area contributed by atoms with Crippen LogP contribution in [0.5, 0.6) is 0 Å². The predicted octanol–water partition coefficient (Wildman–Crippen LogP) is 2.89. The van der Waals surface area contributed by atoms with Crippen molar-refractivity contribution in [2.24, 2.45) is 0 Å². The summed E-state index contributed by atoms with van der Waals surface area (Å²) in [6, 6.07) is 0. The Morgan fingerprint density at radius 2 is 1.05 bits per heavy atom. The third kappa shape index (κ3) is 48.0. The third-order valence-electron chi connectivity index (χ3n) is 1.17. The van der Waals surface area contributed by atoms with Gasteiger partial charge < -0.3 is 21.3 Å². The van der Waals surface area contributed by atoms with Gasteiger partial charge in [-0.1, -0.05) is 0 Å². The summed E-state index contributed by atoms with van der Waals surface area (Å²) in [6.07, 6.45) is 20.0. The first-order valence-corrected chi connectivity index (χ1v) is 5.01. The van der Waals surface area contributed by atoms with Gasteiger partial charge in [0.05, 0.1) is 0 Å². The number of hydrogen-bond donors (Lipinski definition) is 0. The van der Waals surface area contributed by atoms with Crippen LogP contribution in [0.15, 0.2) is 36.5 Å². The number of carbonyl (C=O) groups is 3. The zero-order chi connectivity index (χ0) is 15.1. The molecule has 1 radical (unpaired) electrons. The second-order valence-corrected chi connectivity index (χ2v) is 2.01. The molecule has 3 nitrogen and oxygen atoms in total. The molecule has 107 valence electrons. The summed E-state index contributed by atoms with van der Waals surface area (Å²) in [7, 11) is 0. The van der Waals surface area contributed by atoms with Gasteiger partial charge in [-0.2, -0.15) is 19.1 Å². The smallest absolute Gasteiger partial charge is 0.346 e. The molecule has 2 aliphatic carbocycles. The van der Waals surface area contributed by atoms with Gasteiger partial charge in [0, 0.05) is 0 Å². The molecule has 0 bridgehead atoms. The molecule has 0 spiro atoms. The minimum Gasteiger partial charge on any atom is -0.346 e. The van der Waals surface area contributed by atoms with Crippen molar-refractivity contribution >= 4 is 20.4 Å². The zero-order valence-corrected chi connectivity index (χ0v) is 12.4. The van der Waals surface area contributed by atoms with Crippen molar-refractivity contribution in [2.45, 2.75) is 19.8 Å². The average molecular weight is 305 g/mol. The summed E-state index contributed by atoms with van der Waals surface area (Å²) < 4.78 is 0. The molecule has 0 unspecified atom stereocenters. The van der Waals surface area contributed by atoms with Gasteiger partial charge in [-0.3, -0.25) is 12.2 Å². The molecule has 0 amide bonds. The summed E-state index contributed by atoms with van der Waals surface area (Å²) in [5.41, 5.74) is 0. The summed E-state index contributed by atoms with van der Waals surface area (Å²) in [5.74, 6) is 0. The van der Waals surface area contributed by atoms with Crippen LogP contribution in [0.2, 0.25) is 0 Å². The largest absolute Gasteiger partial charge is 3.00 e. The van der Waals surface area contributed by atoms with Crippen LogP contribution < -0.4 is 0 Å². The van der Waals surface area contributed by atoms with Crippen LogP contribution in [-0.2, 0) is 31.5 Å². The molecule has 0 saturated heterocycles. The SMILES string of the molecule is C=O.C=O.C=O.[C-]1=CC=CC1.[C-]1=CC=CC1.[CH2-]C.[Fe+3]. The van der Waals surface area contributed by atoms with E-state index in [9.17, 15) is 0 Å². The normalized spacial score (nSPS) is 10.2. The molecule has 0 aromatic carbocycles. The number of rotatable bonds is 0. The van der Waals surface area contributed by atoms with Crippen LogP contribution in [0.4, 0.5) is 0 Å². The van der Waals surface area contributed by atoms with E-state index < -0.39 is 0 Å². The minimum atomic E-state index is 0. The fourth-order valence-electron chi connectivity index (χ4n) is 0.680. The van der Waals surface area contributed by atoms with Crippen molar-refractivity contribution in [2.75, 3.05) is 0 Å². The topological polar surface area (TPSA) is 51.2 Å². The minimum absolute atomic E-state index is 0. The third-order valence-corrected chi connectivity index (χ3v) is 1.17. The maximum Gasteiger partial charge on any atom is 3.00 e. The van der Waals surface area contributed by atoms with Gasteiger partial charge in [-0.15, -0.1) is 12.8 Å². The molecule has 0 N–H and O–H groups in total. The van der Waals surface area contributed by atoms with Crippen molar-refractivity contribution in [3.63, 3.8) is 0 Å². The van der Waals surface area contributed by atoms with Crippen molar-refractivity contribution in [1.29, 1.82) is 0 Å². The Morgan fingerprint density at radius 3 is 1.11 bits per heavy atom. The van der Waals surface area contributed by atoms with E-state index in [0.29, 0.717) is 0 Å². The molecule has 0 atom stereocenters. The van der Waals surface area contributed by atoms with Gasteiger partial charge in [0.25, 0.3) is 0 Å². The molecule has 0 heterocycles. The van der Waals surface area contributed by atoms with Crippen LogP contribution >= 0.6 is 0 Å². The fraction of sp³-hybridized carbons (Fsp3) is 0.200. The van der Waals surface area contributed by atoms with E-state index in [1.165, 1.54) is 0 Å². The van der Waals surface area contributed by atoms with Crippen LogP contribution in [0.25, 0.3) is 0 Å². The van der Waals surface area contributed by atoms with E-state index in [1.807, 2.05) is 44.7 Å². The van der Waals surface area contributed by atoms with Gasteiger partial charge >= 0.3 is 17.1 Å². The first-order chi connectivity index (χ1) is 9.00. The standard InChI is InChI=1S/2C5H5.C2H5.3CH2O.Fe/c2*1-2-4-5-3-1;4*1-2;/h2*1-3H,4H2;1H2,2H3;3*1H2;/q3*-1;;;;+3. The summed E-state index contributed by atoms with van der Waals surface area (Å²) in [6.45, 7) is 11.0. The van der Waals surface area contributed by atoms with Crippen molar-refractivity contribution in [3.05, 3.63) is 55.5 Å². The van der Waals surface area contributed by atoms with Crippen molar-refractivity contribution < 1.29 is 31.5 Å². The van der Waals surface area contributed by atoms with Crippen molar-refractivity contribution in [1.82, 2.24) is 0 Å². The van der Waals surface area contributed by atoms with E-state index in [4.69, 9.17) is 14.4 Å². The number of hydrogen-bond acceptors (Lipinski definition) is 3. The monoisotopic (exact) mass is 305 g/mol. The first kappa shape index (κ1) is 30.5. The van der Waals surface area contributed by atoms with E-state index in [0.717, 1.165) is 12.8 Å². The maximum atomic E-state index is 8.00. The molecule has 0 aromatic rings. The summed E-state index contributed by atoms with van der Waals surface area (Å²) in [4.78, 5) is 24.0. The van der Waals surface area contributed by atoms with Gasteiger partial charge in [0.1, 0.15) is 20.4 Å². The molecule has 4 heteroatoms. The molecule has 0 aromatic heterocycles. The Balaban J connectivity index is -0.0000000443. The molecule has 2 rings (SSSR count). The molecular weight excluding hydrogens is 284 g/mol. The van der Waals surface area contributed by atoms with Crippen LogP contribution in [-0.4, -0.2) is 20.4 Å². The Bertz CT molecular complexity index is 187.